The number of anilines is 1. The highest BCUT2D eigenvalue weighted by Crippen LogP contribution is 2.36. The van der Waals surface area contributed by atoms with Gasteiger partial charge in [-0.3, -0.25) is 0 Å². The molecule has 0 bridgehead atoms. The lowest BCUT2D eigenvalue weighted by Crippen LogP contribution is -2.44. The second kappa shape index (κ2) is 5.25. The summed E-state index contributed by atoms with van der Waals surface area (Å²) in [5.74, 6) is 1.25. The maximum atomic E-state index is 9.69. The molecule has 1 heterocycles. The van der Waals surface area contributed by atoms with Crippen LogP contribution >= 0.6 is 0 Å². The molecule has 0 aromatic heterocycles. The van der Waals surface area contributed by atoms with Crippen LogP contribution in [0.25, 0.3) is 0 Å². The summed E-state index contributed by atoms with van der Waals surface area (Å²) in [6, 6.07) is 9.51. The number of aliphatic hydroxyl groups excluding tert-OH is 1. The van der Waals surface area contributed by atoms with Crippen molar-refractivity contribution in [1.82, 2.24) is 5.32 Å². The Kier molecular flexibility index (Phi) is 3.47. The fourth-order valence-corrected chi connectivity index (χ4v) is 3.31. The van der Waals surface area contributed by atoms with Crippen molar-refractivity contribution in [3.63, 3.8) is 0 Å². The van der Waals surface area contributed by atoms with Gasteiger partial charge in [0.25, 0.3) is 0 Å². The summed E-state index contributed by atoms with van der Waals surface area (Å²) in [4.78, 5) is 0. The molecule has 1 fully saturated rings. The number of fused-ring (bicyclic) bond motifs is 1. The third-order valence-corrected chi connectivity index (χ3v) is 4.50. The van der Waals surface area contributed by atoms with Gasteiger partial charge in [0, 0.05) is 31.2 Å². The van der Waals surface area contributed by atoms with Crippen molar-refractivity contribution >= 4 is 5.69 Å². The van der Waals surface area contributed by atoms with Crippen molar-refractivity contribution in [2.24, 2.45) is 5.92 Å². The van der Waals surface area contributed by atoms with E-state index < -0.39 is 0 Å². The molecule has 0 unspecified atom stereocenters. The largest absolute Gasteiger partial charge is 0.513 e. The van der Waals surface area contributed by atoms with Crippen molar-refractivity contribution in [3.05, 3.63) is 41.7 Å². The van der Waals surface area contributed by atoms with E-state index >= 15 is 0 Å². The van der Waals surface area contributed by atoms with Crippen LogP contribution in [-0.2, 0) is 0 Å². The van der Waals surface area contributed by atoms with Gasteiger partial charge in [0.1, 0.15) is 0 Å². The number of allylic oxidation sites excluding steroid dienone is 1. The maximum Gasteiger partial charge on any atom is 0.0898 e. The minimum Gasteiger partial charge on any atom is -0.513 e. The molecule has 1 aromatic carbocycles. The predicted molar refractivity (Wildman–Crippen MR) is 78.3 cm³/mol. The lowest BCUT2D eigenvalue weighted by atomic mass is 9.79. The average Bonchev–Trinajstić information content (AvgIpc) is 2.46. The van der Waals surface area contributed by atoms with Crippen molar-refractivity contribution in [1.29, 1.82) is 0 Å². The Morgan fingerprint density at radius 2 is 2.00 bits per heavy atom. The highest BCUT2D eigenvalue weighted by Gasteiger charge is 2.32. The molecule has 3 atom stereocenters. The van der Waals surface area contributed by atoms with Gasteiger partial charge in [-0.2, -0.15) is 0 Å². The van der Waals surface area contributed by atoms with Crippen molar-refractivity contribution in [2.45, 2.75) is 37.8 Å². The summed E-state index contributed by atoms with van der Waals surface area (Å²) in [6.07, 6.45) is 6.24. The van der Waals surface area contributed by atoms with Gasteiger partial charge in [-0.05, 0) is 49.0 Å². The average molecular weight is 258 g/mol. The Balaban J connectivity index is 1.71. The van der Waals surface area contributed by atoms with E-state index in [4.69, 9.17) is 0 Å². The molecule has 0 spiro atoms. The summed E-state index contributed by atoms with van der Waals surface area (Å²) in [6.45, 7) is 0. The fraction of sp³-hybridized carbons (Fsp3) is 0.500. The topological polar surface area (TPSA) is 44.3 Å². The Hall–Kier alpha value is -1.48. The maximum absolute atomic E-state index is 9.69. The molecule has 3 N–H and O–H groups in total. The number of benzene rings is 1. The Labute approximate surface area is 114 Å². The number of rotatable bonds is 2. The number of hydrogen-bond donors (Lipinski definition) is 3. The Morgan fingerprint density at radius 1 is 1.21 bits per heavy atom. The van der Waals surface area contributed by atoms with E-state index in [9.17, 15) is 5.11 Å². The van der Waals surface area contributed by atoms with Gasteiger partial charge in [-0.1, -0.05) is 12.1 Å². The van der Waals surface area contributed by atoms with Gasteiger partial charge in [-0.15, -0.1) is 0 Å². The van der Waals surface area contributed by atoms with Crippen LogP contribution < -0.4 is 10.6 Å². The minimum absolute atomic E-state index is 0.429. The molecule has 0 amide bonds. The third kappa shape index (κ3) is 2.61. The molecule has 102 valence electrons. The monoisotopic (exact) mass is 258 g/mol. The van der Waals surface area contributed by atoms with Gasteiger partial charge in [0.15, 0.2) is 0 Å². The zero-order valence-electron chi connectivity index (χ0n) is 11.4. The summed E-state index contributed by atoms with van der Waals surface area (Å²) in [7, 11) is 1.94. The zero-order valence-corrected chi connectivity index (χ0v) is 11.4. The smallest absolute Gasteiger partial charge is 0.0898 e. The SMILES string of the molecule is CNc1ccc([C@@H]2CC[C@@H]3CC=C(O)C[C@@H]3N2)cc1. The minimum atomic E-state index is 0.429. The van der Waals surface area contributed by atoms with Crippen molar-refractivity contribution in [3.8, 4) is 0 Å². The highest BCUT2D eigenvalue weighted by atomic mass is 16.3. The van der Waals surface area contributed by atoms with E-state index in [1.54, 1.807) is 0 Å². The molecule has 1 aliphatic carbocycles. The second-order valence-corrected chi connectivity index (χ2v) is 5.67. The zero-order chi connectivity index (χ0) is 13.2. The van der Waals surface area contributed by atoms with Crippen LogP contribution in [0.2, 0.25) is 0 Å². The number of nitrogens with one attached hydrogen (secondary N) is 2. The first kappa shape index (κ1) is 12.5. The van der Waals surface area contributed by atoms with Crippen LogP contribution in [0.1, 0.15) is 37.3 Å². The molecule has 3 rings (SSSR count). The first-order chi connectivity index (χ1) is 9.26. The standard InChI is InChI=1S/C16H22N2O/c1-17-13-6-2-11(3-7-13)15-9-5-12-4-8-14(19)10-16(12)18-15/h2-3,6-8,12,15-19H,4-5,9-10H2,1H3/t12-,15-,16-/m0/s1. The summed E-state index contributed by atoms with van der Waals surface area (Å²) in [5, 5.41) is 16.6. The summed E-state index contributed by atoms with van der Waals surface area (Å²) >= 11 is 0. The van der Waals surface area contributed by atoms with Crippen molar-refractivity contribution < 1.29 is 5.11 Å². The molecule has 3 nitrogen and oxygen atoms in total. The molecular formula is C16H22N2O. The van der Waals surface area contributed by atoms with Crippen molar-refractivity contribution in [2.75, 3.05) is 12.4 Å². The van der Waals surface area contributed by atoms with E-state index in [0.29, 0.717) is 23.8 Å². The van der Waals surface area contributed by atoms with E-state index in [2.05, 4.69) is 34.9 Å². The molecule has 1 aromatic rings. The van der Waals surface area contributed by atoms with Crippen LogP contribution in [-0.4, -0.2) is 18.2 Å². The van der Waals surface area contributed by atoms with Crippen LogP contribution in [0.4, 0.5) is 5.69 Å². The van der Waals surface area contributed by atoms with E-state index in [1.807, 2.05) is 13.1 Å². The van der Waals surface area contributed by atoms with Gasteiger partial charge in [-0.25, -0.2) is 0 Å². The van der Waals surface area contributed by atoms with Gasteiger partial charge >= 0.3 is 0 Å². The molecule has 2 aliphatic rings. The van der Waals surface area contributed by atoms with Gasteiger partial charge in [0.2, 0.25) is 0 Å². The quantitative estimate of drug-likeness (QED) is 0.762. The first-order valence-electron chi connectivity index (χ1n) is 7.18. The number of aliphatic hydroxyl groups is 1. The second-order valence-electron chi connectivity index (χ2n) is 5.67. The lowest BCUT2D eigenvalue weighted by Gasteiger charge is -2.39. The number of piperidine rings is 1. The van der Waals surface area contributed by atoms with Gasteiger partial charge < -0.3 is 15.7 Å². The summed E-state index contributed by atoms with van der Waals surface area (Å²) < 4.78 is 0. The normalized spacial score (nSPS) is 30.4. The molecule has 1 saturated heterocycles. The van der Waals surface area contributed by atoms with Crippen LogP contribution in [0.15, 0.2) is 36.1 Å². The van der Waals surface area contributed by atoms with Crippen LogP contribution in [0, 0.1) is 5.92 Å². The molecule has 0 radical (unpaired) electrons. The summed E-state index contributed by atoms with van der Waals surface area (Å²) in [5.41, 5.74) is 2.50. The van der Waals surface area contributed by atoms with E-state index in [-0.39, 0.29) is 0 Å². The molecule has 0 saturated carbocycles. The molecule has 1 aliphatic heterocycles. The van der Waals surface area contributed by atoms with E-state index in [1.165, 1.54) is 18.4 Å². The highest BCUT2D eigenvalue weighted by molar-refractivity contribution is 5.44. The number of hydrogen-bond acceptors (Lipinski definition) is 3. The lowest BCUT2D eigenvalue weighted by molar-refractivity contribution is 0.196. The Morgan fingerprint density at radius 3 is 2.74 bits per heavy atom. The molecular weight excluding hydrogens is 236 g/mol. The van der Waals surface area contributed by atoms with E-state index in [0.717, 1.165) is 18.5 Å². The van der Waals surface area contributed by atoms with Gasteiger partial charge in [0.05, 0.1) is 5.76 Å². The van der Waals surface area contributed by atoms with Crippen LogP contribution in [0.5, 0.6) is 0 Å². The third-order valence-electron chi connectivity index (χ3n) is 4.50. The molecule has 3 heteroatoms. The molecule has 19 heavy (non-hydrogen) atoms. The first-order valence-corrected chi connectivity index (χ1v) is 7.18. The Bertz CT molecular complexity index is 466. The predicted octanol–water partition coefficient (Wildman–Crippen LogP) is 3.37. The van der Waals surface area contributed by atoms with Crippen LogP contribution in [0.3, 0.4) is 0 Å². The fourth-order valence-electron chi connectivity index (χ4n) is 3.31.